The molecule has 0 aromatic rings. The van der Waals surface area contributed by atoms with Gasteiger partial charge in [-0.15, -0.1) is 0 Å². The van der Waals surface area contributed by atoms with Gasteiger partial charge in [0.2, 0.25) is 11.8 Å². The third-order valence-corrected chi connectivity index (χ3v) is 3.35. The summed E-state index contributed by atoms with van der Waals surface area (Å²) in [5, 5.41) is 12.0. The zero-order chi connectivity index (χ0) is 14.3. The Hall–Kier alpha value is -1.61. The van der Waals surface area contributed by atoms with Crippen LogP contribution in [0.25, 0.3) is 0 Å². The Kier molecular flexibility index (Phi) is 5.77. The molecular formula is C13H21N3O3. The molecule has 1 aliphatic heterocycles. The number of carbonyl (C=O) groups excluding carboxylic acids is 2. The minimum atomic E-state index is -1.03. The Morgan fingerprint density at radius 1 is 1.37 bits per heavy atom. The molecule has 106 valence electrons. The minimum Gasteiger partial charge on any atom is -0.381 e. The van der Waals surface area contributed by atoms with Crippen LogP contribution >= 0.6 is 0 Å². The lowest BCUT2D eigenvalue weighted by molar-refractivity contribution is -0.145. The van der Waals surface area contributed by atoms with E-state index in [-0.39, 0.29) is 18.4 Å². The first kappa shape index (κ1) is 15.4. The van der Waals surface area contributed by atoms with Crippen LogP contribution in [0, 0.1) is 16.7 Å². The van der Waals surface area contributed by atoms with E-state index in [2.05, 4.69) is 11.4 Å². The number of nitrogens with zero attached hydrogens (tertiary/aromatic N) is 2. The number of nitrogens with one attached hydrogen (secondary N) is 1. The Morgan fingerprint density at radius 2 is 2.00 bits per heavy atom. The van der Waals surface area contributed by atoms with E-state index < -0.39 is 5.41 Å². The lowest BCUT2D eigenvalue weighted by Gasteiger charge is -2.34. The molecule has 6 nitrogen and oxygen atoms in total. The second-order valence-corrected chi connectivity index (χ2v) is 4.58. The Balaban J connectivity index is 2.76. The molecule has 0 atom stereocenters. The van der Waals surface area contributed by atoms with Crippen LogP contribution in [-0.2, 0) is 14.3 Å². The highest BCUT2D eigenvalue weighted by atomic mass is 16.5. The first-order valence-corrected chi connectivity index (χ1v) is 6.64. The van der Waals surface area contributed by atoms with Crippen molar-refractivity contribution < 1.29 is 14.3 Å². The van der Waals surface area contributed by atoms with Crippen molar-refractivity contribution in [3.05, 3.63) is 0 Å². The van der Waals surface area contributed by atoms with Crippen molar-refractivity contribution in [1.82, 2.24) is 10.2 Å². The van der Waals surface area contributed by atoms with E-state index in [4.69, 9.17) is 4.74 Å². The van der Waals surface area contributed by atoms with E-state index in [1.165, 1.54) is 4.90 Å². The van der Waals surface area contributed by atoms with Crippen LogP contribution in [0.2, 0.25) is 0 Å². The van der Waals surface area contributed by atoms with E-state index in [1.54, 1.807) is 0 Å². The third kappa shape index (κ3) is 3.67. The van der Waals surface area contributed by atoms with Crippen molar-refractivity contribution in [1.29, 1.82) is 5.26 Å². The third-order valence-electron chi connectivity index (χ3n) is 3.35. The van der Waals surface area contributed by atoms with Crippen LogP contribution in [-0.4, -0.2) is 49.6 Å². The van der Waals surface area contributed by atoms with Gasteiger partial charge in [0.15, 0.2) is 0 Å². The molecule has 0 aliphatic carbocycles. The van der Waals surface area contributed by atoms with Crippen molar-refractivity contribution in [3.63, 3.8) is 0 Å². The first-order valence-electron chi connectivity index (χ1n) is 6.64. The van der Waals surface area contributed by atoms with Gasteiger partial charge >= 0.3 is 0 Å². The quantitative estimate of drug-likeness (QED) is 0.776. The van der Waals surface area contributed by atoms with E-state index >= 15 is 0 Å². The lowest BCUT2D eigenvalue weighted by atomic mass is 9.80. The molecule has 0 radical (unpaired) electrons. The molecule has 1 saturated heterocycles. The van der Waals surface area contributed by atoms with Crippen molar-refractivity contribution >= 4 is 11.8 Å². The largest absolute Gasteiger partial charge is 0.381 e. The van der Waals surface area contributed by atoms with Gasteiger partial charge in [-0.1, -0.05) is 0 Å². The predicted molar refractivity (Wildman–Crippen MR) is 69.0 cm³/mol. The number of hydrogen-bond acceptors (Lipinski definition) is 4. The SMILES string of the molecule is CCNC(=O)CN(CC)C(=O)C1(C#N)CCOCC1. The number of hydrogen-bond donors (Lipinski definition) is 1. The Labute approximate surface area is 113 Å². The van der Waals surface area contributed by atoms with Gasteiger partial charge in [0.1, 0.15) is 5.41 Å². The van der Waals surface area contributed by atoms with Gasteiger partial charge in [-0.2, -0.15) is 5.26 Å². The number of rotatable bonds is 5. The Morgan fingerprint density at radius 3 is 2.47 bits per heavy atom. The zero-order valence-electron chi connectivity index (χ0n) is 11.6. The van der Waals surface area contributed by atoms with Gasteiger partial charge in [-0.05, 0) is 26.7 Å². The molecule has 1 rings (SSSR count). The second-order valence-electron chi connectivity index (χ2n) is 4.58. The summed E-state index contributed by atoms with van der Waals surface area (Å²) in [5.41, 5.74) is -1.03. The summed E-state index contributed by atoms with van der Waals surface area (Å²) in [7, 11) is 0. The molecule has 1 aliphatic rings. The molecule has 0 saturated carbocycles. The molecule has 1 fully saturated rings. The first-order chi connectivity index (χ1) is 9.09. The van der Waals surface area contributed by atoms with E-state index in [1.807, 2.05) is 13.8 Å². The maximum atomic E-state index is 12.5. The molecule has 6 heteroatoms. The van der Waals surface area contributed by atoms with Crippen LogP contribution in [0.3, 0.4) is 0 Å². The number of carbonyl (C=O) groups is 2. The van der Waals surface area contributed by atoms with E-state index in [0.717, 1.165) is 0 Å². The molecule has 0 bridgehead atoms. The molecular weight excluding hydrogens is 246 g/mol. The average Bonchev–Trinajstić information content (AvgIpc) is 2.45. The highest BCUT2D eigenvalue weighted by Crippen LogP contribution is 2.31. The molecule has 0 aromatic heterocycles. The number of nitriles is 1. The minimum absolute atomic E-state index is 0.00740. The van der Waals surface area contributed by atoms with Crippen LogP contribution in [0.1, 0.15) is 26.7 Å². The fraction of sp³-hybridized carbons (Fsp3) is 0.769. The molecule has 19 heavy (non-hydrogen) atoms. The standard InChI is InChI=1S/C13H21N3O3/c1-3-15-11(17)9-16(4-2)12(18)13(10-14)5-7-19-8-6-13/h3-9H2,1-2H3,(H,15,17). The average molecular weight is 267 g/mol. The summed E-state index contributed by atoms with van der Waals surface area (Å²) in [6.07, 6.45) is 0.794. The maximum Gasteiger partial charge on any atom is 0.243 e. The smallest absolute Gasteiger partial charge is 0.243 e. The highest BCUT2D eigenvalue weighted by molar-refractivity contribution is 5.89. The van der Waals surface area contributed by atoms with Gasteiger partial charge in [0, 0.05) is 26.3 Å². The van der Waals surface area contributed by atoms with Crippen LogP contribution < -0.4 is 5.32 Å². The monoisotopic (exact) mass is 267 g/mol. The summed E-state index contributed by atoms with van der Waals surface area (Å²) < 4.78 is 5.21. The Bertz CT molecular complexity index is 370. The molecule has 1 N–H and O–H groups in total. The summed E-state index contributed by atoms with van der Waals surface area (Å²) >= 11 is 0. The van der Waals surface area contributed by atoms with Gasteiger partial charge in [-0.25, -0.2) is 0 Å². The van der Waals surface area contributed by atoms with Crippen molar-refractivity contribution in [2.75, 3.05) is 32.8 Å². The summed E-state index contributed by atoms with van der Waals surface area (Å²) in [5.74, 6) is -0.454. The van der Waals surface area contributed by atoms with Gasteiger partial charge < -0.3 is 15.0 Å². The predicted octanol–water partition coefficient (Wildman–Crippen LogP) is 0.291. The normalized spacial score (nSPS) is 17.3. The summed E-state index contributed by atoms with van der Waals surface area (Å²) in [6, 6.07) is 2.13. The van der Waals surface area contributed by atoms with Crippen LogP contribution in [0.5, 0.6) is 0 Å². The van der Waals surface area contributed by atoms with Crippen molar-refractivity contribution in [3.8, 4) is 6.07 Å². The summed E-state index contributed by atoms with van der Waals surface area (Å²) in [4.78, 5) is 25.5. The molecule has 2 amide bonds. The summed E-state index contributed by atoms with van der Waals surface area (Å²) in [6.45, 7) is 5.42. The number of amides is 2. The molecule has 0 spiro atoms. The van der Waals surface area contributed by atoms with Gasteiger partial charge in [0.25, 0.3) is 0 Å². The van der Waals surface area contributed by atoms with E-state index in [9.17, 15) is 14.9 Å². The highest BCUT2D eigenvalue weighted by Gasteiger charge is 2.43. The molecule has 0 unspecified atom stereocenters. The fourth-order valence-electron chi connectivity index (χ4n) is 2.15. The van der Waals surface area contributed by atoms with E-state index in [0.29, 0.717) is 39.1 Å². The van der Waals surface area contributed by atoms with Crippen LogP contribution in [0.4, 0.5) is 0 Å². The zero-order valence-corrected chi connectivity index (χ0v) is 11.6. The molecule has 0 aromatic carbocycles. The van der Waals surface area contributed by atoms with Crippen molar-refractivity contribution in [2.24, 2.45) is 5.41 Å². The van der Waals surface area contributed by atoms with Crippen LogP contribution in [0.15, 0.2) is 0 Å². The maximum absolute atomic E-state index is 12.5. The van der Waals surface area contributed by atoms with Gasteiger partial charge in [0.05, 0.1) is 12.6 Å². The lowest BCUT2D eigenvalue weighted by Crippen LogP contribution is -2.49. The topological polar surface area (TPSA) is 82.4 Å². The second kappa shape index (κ2) is 7.10. The molecule has 1 heterocycles. The number of ether oxygens (including phenoxy) is 1. The van der Waals surface area contributed by atoms with Gasteiger partial charge in [-0.3, -0.25) is 9.59 Å². The number of likely N-dealkylation sites (N-methyl/N-ethyl adjacent to an activating group) is 2. The van der Waals surface area contributed by atoms with Crippen molar-refractivity contribution in [2.45, 2.75) is 26.7 Å². The fourth-order valence-corrected chi connectivity index (χ4v) is 2.15.